The molecule has 3 heterocycles. The number of rotatable bonds is 10. The number of hydrogen-bond acceptors (Lipinski definition) is 8. The van der Waals surface area contributed by atoms with Gasteiger partial charge in [0.2, 0.25) is 0 Å². The maximum absolute atomic E-state index is 6.09. The molecule has 8 heteroatoms. The van der Waals surface area contributed by atoms with E-state index in [-0.39, 0.29) is 12.2 Å². The van der Waals surface area contributed by atoms with Crippen molar-refractivity contribution >= 4 is 11.6 Å². The average Bonchev–Trinajstić information content (AvgIpc) is 3.70. The highest BCUT2D eigenvalue weighted by Gasteiger charge is 2.31. The Morgan fingerprint density at radius 3 is 1.66 bits per heavy atom. The van der Waals surface area contributed by atoms with Crippen LogP contribution in [-0.2, 0) is 9.47 Å². The van der Waals surface area contributed by atoms with Gasteiger partial charge in [-0.3, -0.25) is 0 Å². The van der Waals surface area contributed by atoms with Crippen molar-refractivity contribution in [3.8, 4) is 0 Å². The van der Waals surface area contributed by atoms with Gasteiger partial charge in [-0.2, -0.15) is 0 Å². The van der Waals surface area contributed by atoms with Crippen molar-refractivity contribution in [1.82, 2.24) is 19.8 Å². The third-order valence-electron chi connectivity index (χ3n) is 7.17. The fraction of sp³-hybridized carbons (Fsp3) is 0.833. The lowest BCUT2D eigenvalue weighted by molar-refractivity contribution is -0.0149. The maximum atomic E-state index is 6.09. The van der Waals surface area contributed by atoms with Crippen LogP contribution in [0.1, 0.15) is 25.7 Å². The van der Waals surface area contributed by atoms with Gasteiger partial charge in [0.1, 0.15) is 18.0 Å². The molecular formula is C24H40N6O2. The molecule has 32 heavy (non-hydrogen) atoms. The van der Waals surface area contributed by atoms with Gasteiger partial charge in [0.25, 0.3) is 0 Å². The molecule has 0 radical (unpaired) electrons. The van der Waals surface area contributed by atoms with Crippen molar-refractivity contribution in [3.05, 3.63) is 12.4 Å². The van der Waals surface area contributed by atoms with Crippen LogP contribution < -0.4 is 9.80 Å². The highest BCUT2D eigenvalue weighted by Crippen LogP contribution is 2.33. The monoisotopic (exact) mass is 444 g/mol. The fourth-order valence-corrected chi connectivity index (χ4v) is 4.88. The van der Waals surface area contributed by atoms with E-state index in [1.807, 2.05) is 0 Å². The molecule has 0 N–H and O–H groups in total. The summed E-state index contributed by atoms with van der Waals surface area (Å²) in [6, 6.07) is 2.21. The number of anilines is 2. The Morgan fingerprint density at radius 1 is 0.781 bits per heavy atom. The Hall–Kier alpha value is -1.48. The lowest BCUT2D eigenvalue weighted by Crippen LogP contribution is -2.47. The van der Waals surface area contributed by atoms with E-state index in [9.17, 15) is 0 Å². The van der Waals surface area contributed by atoms with E-state index in [1.54, 1.807) is 6.33 Å². The van der Waals surface area contributed by atoms with Gasteiger partial charge in [0.05, 0.1) is 25.4 Å². The average molecular weight is 445 g/mol. The van der Waals surface area contributed by atoms with Gasteiger partial charge >= 0.3 is 0 Å². The smallest absolute Gasteiger partial charge is 0.134 e. The molecule has 2 saturated carbocycles. The van der Waals surface area contributed by atoms with E-state index in [0.29, 0.717) is 0 Å². The second kappa shape index (κ2) is 10.2. The Morgan fingerprint density at radius 2 is 1.25 bits per heavy atom. The van der Waals surface area contributed by atoms with Crippen molar-refractivity contribution < 1.29 is 9.47 Å². The first kappa shape index (κ1) is 22.3. The standard InChI is InChI=1S/C24H40N6O2/c1-27-7-9-31-21(14-27)16-29(12-19-3-4-19)23-11-24(26-18-25-23)30(13-20-5-6-20)17-22-15-28(2)8-10-32-22/h11,18-22H,3-10,12-17H2,1-2H3. The van der Waals surface area contributed by atoms with Gasteiger partial charge in [0.15, 0.2) is 0 Å². The molecule has 178 valence electrons. The zero-order chi connectivity index (χ0) is 21.9. The Balaban J connectivity index is 1.31. The Kier molecular flexibility index (Phi) is 7.11. The summed E-state index contributed by atoms with van der Waals surface area (Å²) in [6.45, 7) is 9.58. The normalized spacial score (nSPS) is 27.4. The molecule has 5 rings (SSSR count). The molecule has 0 spiro atoms. The van der Waals surface area contributed by atoms with Gasteiger partial charge < -0.3 is 29.1 Å². The van der Waals surface area contributed by atoms with Crippen molar-refractivity contribution in [2.75, 3.05) is 89.5 Å². The summed E-state index contributed by atoms with van der Waals surface area (Å²) in [6.07, 6.45) is 7.56. The Labute approximate surface area is 192 Å². The summed E-state index contributed by atoms with van der Waals surface area (Å²) in [5.74, 6) is 3.68. The van der Waals surface area contributed by atoms with Crippen LogP contribution >= 0.6 is 0 Å². The molecule has 2 atom stereocenters. The Bertz CT molecular complexity index is 686. The molecule has 0 bridgehead atoms. The highest BCUT2D eigenvalue weighted by atomic mass is 16.5. The third-order valence-corrected chi connectivity index (χ3v) is 7.17. The lowest BCUT2D eigenvalue weighted by Gasteiger charge is -2.36. The predicted octanol–water partition coefficient (Wildman–Crippen LogP) is 1.57. The van der Waals surface area contributed by atoms with Gasteiger partial charge in [0, 0.05) is 58.4 Å². The summed E-state index contributed by atoms with van der Waals surface area (Å²) >= 11 is 0. The molecule has 0 aromatic carbocycles. The van der Waals surface area contributed by atoms with Crippen LogP contribution in [0.15, 0.2) is 12.4 Å². The molecule has 4 fully saturated rings. The van der Waals surface area contributed by atoms with Gasteiger partial charge in [-0.25, -0.2) is 9.97 Å². The van der Waals surface area contributed by atoms with Gasteiger partial charge in [-0.05, 0) is 51.6 Å². The quantitative estimate of drug-likeness (QED) is 0.539. The summed E-state index contributed by atoms with van der Waals surface area (Å²) in [7, 11) is 4.37. The second-order valence-electron chi connectivity index (χ2n) is 10.4. The van der Waals surface area contributed by atoms with Crippen LogP contribution in [0.4, 0.5) is 11.6 Å². The van der Waals surface area contributed by atoms with E-state index in [0.717, 1.165) is 89.0 Å². The first-order valence-electron chi connectivity index (χ1n) is 12.5. The molecule has 4 aliphatic rings. The minimum absolute atomic E-state index is 0.236. The molecule has 0 amide bonds. The topological polar surface area (TPSA) is 57.2 Å². The van der Waals surface area contributed by atoms with Crippen LogP contribution in [0, 0.1) is 11.8 Å². The van der Waals surface area contributed by atoms with Crippen LogP contribution in [0.2, 0.25) is 0 Å². The number of morpholine rings is 2. The largest absolute Gasteiger partial charge is 0.374 e. The predicted molar refractivity (Wildman–Crippen MR) is 126 cm³/mol. The number of aromatic nitrogens is 2. The van der Waals surface area contributed by atoms with Crippen molar-refractivity contribution in [2.45, 2.75) is 37.9 Å². The molecular weight excluding hydrogens is 404 g/mol. The molecule has 8 nitrogen and oxygen atoms in total. The summed E-state index contributed by atoms with van der Waals surface area (Å²) in [5.41, 5.74) is 0. The molecule has 1 aromatic rings. The SMILES string of the molecule is CN1CCOC(CN(CC2CC2)c2cc(N(CC3CC3)CC3CN(C)CCO3)ncn2)C1. The first-order chi connectivity index (χ1) is 15.6. The van der Waals surface area contributed by atoms with E-state index >= 15 is 0 Å². The number of ether oxygens (including phenoxy) is 2. The van der Waals surface area contributed by atoms with Gasteiger partial charge in [-0.1, -0.05) is 0 Å². The fourth-order valence-electron chi connectivity index (χ4n) is 4.88. The van der Waals surface area contributed by atoms with Crippen LogP contribution in [-0.4, -0.2) is 112 Å². The number of hydrogen-bond donors (Lipinski definition) is 0. The van der Waals surface area contributed by atoms with E-state index in [1.165, 1.54) is 25.7 Å². The minimum atomic E-state index is 0.236. The molecule has 2 aliphatic carbocycles. The van der Waals surface area contributed by atoms with Crippen LogP contribution in [0.5, 0.6) is 0 Å². The maximum Gasteiger partial charge on any atom is 0.134 e. The second-order valence-corrected chi connectivity index (χ2v) is 10.4. The molecule has 2 unspecified atom stereocenters. The summed E-state index contributed by atoms with van der Waals surface area (Å²) < 4.78 is 12.2. The summed E-state index contributed by atoms with van der Waals surface area (Å²) in [4.78, 5) is 19.1. The number of likely N-dealkylation sites (N-methyl/N-ethyl adjacent to an activating group) is 2. The molecule has 1 aromatic heterocycles. The minimum Gasteiger partial charge on any atom is -0.374 e. The van der Waals surface area contributed by atoms with E-state index in [2.05, 4.69) is 39.8 Å². The van der Waals surface area contributed by atoms with Crippen molar-refractivity contribution in [2.24, 2.45) is 11.8 Å². The zero-order valence-corrected chi connectivity index (χ0v) is 19.9. The molecule has 2 saturated heterocycles. The van der Waals surface area contributed by atoms with Crippen molar-refractivity contribution in [1.29, 1.82) is 0 Å². The lowest BCUT2D eigenvalue weighted by atomic mass is 10.2. The summed E-state index contributed by atoms with van der Waals surface area (Å²) in [5, 5.41) is 0. The number of nitrogens with zero attached hydrogens (tertiary/aromatic N) is 6. The van der Waals surface area contributed by atoms with Gasteiger partial charge in [-0.15, -0.1) is 0 Å². The first-order valence-corrected chi connectivity index (χ1v) is 12.5. The molecule has 2 aliphatic heterocycles. The third kappa shape index (κ3) is 6.31. The highest BCUT2D eigenvalue weighted by molar-refractivity contribution is 5.50. The van der Waals surface area contributed by atoms with Crippen molar-refractivity contribution in [3.63, 3.8) is 0 Å². The van der Waals surface area contributed by atoms with E-state index in [4.69, 9.17) is 19.4 Å². The van der Waals surface area contributed by atoms with Crippen LogP contribution in [0.25, 0.3) is 0 Å². The van der Waals surface area contributed by atoms with Crippen LogP contribution in [0.3, 0.4) is 0 Å². The zero-order valence-electron chi connectivity index (χ0n) is 19.9. The van der Waals surface area contributed by atoms with E-state index < -0.39 is 0 Å².